The number of ether oxygens (including phenoxy) is 12. The topological polar surface area (TPSA) is 871 Å². The zero-order valence-corrected chi connectivity index (χ0v) is 80.1. The molecule has 139 heavy (non-hydrogen) atoms. The highest BCUT2D eigenvalue weighted by Crippen LogP contribution is 2.59. The number of hydrogen-bond donors (Lipinski definition) is 20. The minimum absolute atomic E-state index is 0.0435. The molecule has 0 aromatic rings. The van der Waals surface area contributed by atoms with E-state index in [-0.39, 0.29) is 6.42 Å². The van der Waals surface area contributed by atoms with Crippen LogP contribution in [-0.4, -0.2) is 506 Å². The van der Waals surface area contributed by atoms with E-state index in [4.69, 9.17) is 232 Å². The molecule has 62 nitrogen and oxygen atoms in total. The number of aliphatic hydroxyl groups excluding tert-OH is 10. The lowest BCUT2D eigenvalue weighted by Crippen LogP contribution is -2.39. The monoisotopic (exact) mass is 2190 g/mol. The molecule has 11 aliphatic rings. The highest BCUT2D eigenvalue weighted by atomic mass is 31.2. The number of phosphoric acid groups is 10. The molecule has 0 bridgehead atoms. The van der Waals surface area contributed by atoms with Gasteiger partial charge in [0.15, 0.2) is 6.10 Å². The van der Waals surface area contributed by atoms with Crippen LogP contribution in [0.5, 0.6) is 0 Å². The van der Waals surface area contributed by atoms with Crippen molar-refractivity contribution in [2.75, 3.05) is 72.7 Å². The summed E-state index contributed by atoms with van der Waals surface area (Å²) in [5.41, 5.74) is 0. The van der Waals surface area contributed by atoms with E-state index in [1.165, 1.54) is 6.92 Å². The van der Waals surface area contributed by atoms with Crippen molar-refractivity contribution in [1.82, 2.24) is 0 Å². The second-order valence-corrected chi connectivity index (χ2v) is 45.9. The Morgan fingerprint density at radius 3 is 0.612 bits per heavy atom. The fourth-order valence-corrected chi connectivity index (χ4v) is 24.5. The first-order chi connectivity index (χ1) is 64.3. The number of terminal acetylenes is 1. The summed E-state index contributed by atoms with van der Waals surface area (Å²) in [6, 6.07) is -16.7. The smallest absolute Gasteiger partial charge is 0.438 e. The predicted molar refractivity (Wildman–Crippen MR) is 444 cm³/mol. The SMILES string of the molecule is [B][C@@H]1O[C@H](C)C(OP(=O)(O)OC[C@H]2O[C@@H]([B])[C@@H](O)C2OP(=O)(O)OC[C@H]2O[C@@H]([B])[C@@H](O)C2OP(=O)(O)OC[C@H]2O[C@@H]([B])[C@@H](O)C2OP(=O)(O)OC[C@H]2O[C@@H]([B])[C@@H](O)C2OP(=O)(O)OC[C@H]2O[C@@H]([B])[C@@H](O)C2OP(=O)(O)OC[C@H]2O[C@@H]([B])[C@@H](O)C2OP(=O)(O)OC[C@H]2O[C@@H]([B])[C@@H](O)C2OP(=O)(O)OC[C@H]2OC[C@@H](OC#C)C2OP(=O)(O)OC[C@H]2O[C@@H]([B])[C@@H](O)C2OP(=O)(O)OC[C@H]2O[C@@H]([B])C[C@H]2O)[C@@H]1O. The van der Waals surface area contributed by atoms with Gasteiger partial charge in [0.2, 0.25) is 0 Å². The lowest BCUT2D eigenvalue weighted by molar-refractivity contribution is -0.0467. The summed E-state index contributed by atoms with van der Waals surface area (Å²) in [5, 5.41) is 107. The molecule has 0 spiro atoms. The van der Waals surface area contributed by atoms with Crippen molar-refractivity contribution in [3.8, 4) is 12.5 Å². The Kier molecular flexibility index (Phi) is 41.9. The lowest BCUT2D eigenvalue weighted by Gasteiger charge is -2.28. The first-order valence-electron chi connectivity index (χ1n) is 40.5. The van der Waals surface area contributed by atoms with Gasteiger partial charge >= 0.3 is 78.2 Å². The van der Waals surface area contributed by atoms with E-state index in [9.17, 15) is 146 Å². The average molecular weight is 2190 g/mol. The van der Waals surface area contributed by atoms with E-state index >= 15 is 0 Å². The van der Waals surface area contributed by atoms with Crippen LogP contribution in [0.1, 0.15) is 13.3 Å². The third-order valence-corrected chi connectivity index (χ3v) is 31.6. The Hall–Kier alpha value is 0.269. The molecule has 11 fully saturated rings. The Bertz CT molecular complexity index is 4630. The Balaban J connectivity index is 0.617. The first-order valence-corrected chi connectivity index (χ1v) is 55.4. The molecular weight excluding hydrogens is 2090 g/mol. The van der Waals surface area contributed by atoms with Gasteiger partial charge in [-0.2, -0.15) is 0 Å². The molecule has 0 aromatic carbocycles. The maximum Gasteiger partial charge on any atom is 0.472 e. The van der Waals surface area contributed by atoms with Gasteiger partial charge in [-0.3, -0.25) is 90.5 Å². The molecule has 82 heteroatoms. The van der Waals surface area contributed by atoms with Gasteiger partial charge in [0.05, 0.1) is 84.9 Å². The van der Waals surface area contributed by atoms with Crippen LogP contribution in [0.15, 0.2) is 0 Å². The van der Waals surface area contributed by atoms with Gasteiger partial charge in [0.25, 0.3) is 0 Å². The van der Waals surface area contributed by atoms with Crippen molar-refractivity contribution in [2.45, 2.75) is 269 Å². The van der Waals surface area contributed by atoms with Gasteiger partial charge in [-0.25, -0.2) is 45.7 Å². The molecule has 20 radical (unpaired) electrons. The van der Waals surface area contributed by atoms with Crippen LogP contribution in [0.25, 0.3) is 0 Å². The summed E-state index contributed by atoms with van der Waals surface area (Å²) in [4.78, 5) is 108. The maximum atomic E-state index is 13.6. The van der Waals surface area contributed by atoms with E-state index in [1.54, 1.807) is 6.11 Å². The third kappa shape index (κ3) is 32.2. The highest BCUT2D eigenvalue weighted by molar-refractivity contribution is 7.50. The zero-order chi connectivity index (χ0) is 103. The van der Waals surface area contributed by atoms with Crippen LogP contribution in [-0.2, 0) is 193 Å². The summed E-state index contributed by atoms with van der Waals surface area (Å²) in [7, 11) is 1.95. The van der Waals surface area contributed by atoms with Crippen molar-refractivity contribution >= 4 is 157 Å². The van der Waals surface area contributed by atoms with Crippen molar-refractivity contribution in [1.29, 1.82) is 0 Å². The number of hydrogen-bond acceptors (Lipinski definition) is 52. The molecule has 11 heterocycles. The average Bonchev–Trinajstić information content (AvgIpc) is 1.66. The van der Waals surface area contributed by atoms with Gasteiger partial charge in [-0.05, 0) is 13.3 Å². The number of phosphoric ester groups is 10. The van der Waals surface area contributed by atoms with E-state index in [1.807, 2.05) is 0 Å². The van der Waals surface area contributed by atoms with Crippen molar-refractivity contribution in [2.24, 2.45) is 0 Å². The fourth-order valence-electron chi connectivity index (χ4n) is 14.8. The normalized spacial score (nSPS) is 45.2. The van der Waals surface area contributed by atoms with E-state index < -0.39 is 406 Å². The van der Waals surface area contributed by atoms with Crippen molar-refractivity contribution in [3.63, 3.8) is 0 Å². The summed E-state index contributed by atoms with van der Waals surface area (Å²) in [6.45, 7) is -11.0. The molecule has 770 valence electrons. The van der Waals surface area contributed by atoms with Crippen LogP contribution in [0, 0.1) is 12.5 Å². The van der Waals surface area contributed by atoms with Gasteiger partial charge in [0.1, 0.15) is 262 Å². The molecule has 0 aromatic heterocycles. The molecule has 20 unspecified atom stereocenters. The number of rotatable bonds is 51. The predicted octanol–water partition coefficient (Wildman–Crippen LogP) is -11.7. The third-order valence-electron chi connectivity index (χ3n) is 21.7. The van der Waals surface area contributed by atoms with Gasteiger partial charge in [-0.1, -0.05) is 6.42 Å². The lowest BCUT2D eigenvalue weighted by atomic mass is 9.93. The second kappa shape index (κ2) is 48.7. The Labute approximate surface area is 800 Å². The van der Waals surface area contributed by atoms with Gasteiger partial charge in [0, 0.05) is 60.0 Å². The van der Waals surface area contributed by atoms with E-state index in [0.29, 0.717) is 0 Å². The number of aliphatic hydroxyl groups is 10. The molecule has 11 rings (SSSR count). The van der Waals surface area contributed by atoms with Crippen LogP contribution in [0.2, 0.25) is 0 Å². The van der Waals surface area contributed by atoms with Crippen LogP contribution in [0.4, 0.5) is 0 Å². The van der Waals surface area contributed by atoms with Crippen LogP contribution < -0.4 is 0 Å². The molecule has 20 N–H and O–H groups in total. The quantitative estimate of drug-likeness (QED) is 0.0153. The minimum Gasteiger partial charge on any atom is -0.438 e. The molecule has 0 aliphatic carbocycles. The summed E-state index contributed by atoms with van der Waals surface area (Å²) in [6.07, 6.45) is -53.4. The highest BCUT2D eigenvalue weighted by Gasteiger charge is 2.59. The molecular formula is C57H90B10O62P10. The van der Waals surface area contributed by atoms with Crippen molar-refractivity contribution < 1.29 is 293 Å². The molecule has 52 atom stereocenters. The zero-order valence-electron chi connectivity index (χ0n) is 71.1. The maximum absolute atomic E-state index is 13.6. The van der Waals surface area contributed by atoms with E-state index in [0.717, 1.165) is 0 Å². The minimum atomic E-state index is -5.73. The second-order valence-electron chi connectivity index (χ2n) is 31.8. The molecule has 11 aliphatic heterocycles. The van der Waals surface area contributed by atoms with Crippen LogP contribution >= 0.6 is 78.2 Å². The van der Waals surface area contributed by atoms with Crippen LogP contribution in [0.3, 0.4) is 0 Å². The Morgan fingerprint density at radius 2 is 0.432 bits per heavy atom. The summed E-state index contributed by atoms with van der Waals surface area (Å²) >= 11 is 0. The molecule has 0 amide bonds. The Morgan fingerprint density at radius 1 is 0.259 bits per heavy atom. The van der Waals surface area contributed by atoms with Crippen molar-refractivity contribution in [3.05, 3.63) is 0 Å². The largest absolute Gasteiger partial charge is 0.472 e. The standard InChI is InChI=1S/C57H90B10O62P10/c1-3-98-19-5-99-20(40(19)121-131(80,81)103-9-22-41(31(70)50(60)113-22)122-132(82,83)100-6-18-17(68)4-29(58)111-18)7-101-133(84,85)123-42-23(114-51(61)32(42)71)10-104-135(88,89)125-44-25(116-53(63)34(44)73)12-106-137(92,93)127-46-27(118-55(65)36(46)75)14-108-139(96,97)129-48-28(119-57(67)38(48)77)15-109-138(94,95)128-47-26(117-56(66)37(47)76)13-107-136(90,91)126-45-24(115-54(64)35(45)74)11-105-134(86,87)124-43-21(112-52(62)33(43)72)8-102-130(78,79)120-39-16(2)110-49(59)30(39)69/h1,16-57,68-77H,4-15H2,2H3,(H,78,79)(H,80,81)(H,82,83)(H,84,85)(H,86,87)(H,88,89)(H,90,91)(H,92,93)(H,94,95)(H,96,97)/t16-,17-,18-,19-,20-,21-,22-,23-,24-,25-,26-,27-,28-,29-,30+,31+,32+,33+,34+,35+,36+,37+,38+,39?,40?,41?,42?,43?,44?,45?,46?,47?,48?,49-,50-,51-,52-,53-,54-,55-,56-,57-/m1/s1. The fraction of sp³-hybridized carbons (Fsp3) is 0.965. The molecule has 0 saturated carbocycles. The summed E-state index contributed by atoms with van der Waals surface area (Å²) < 4.78 is 297. The first kappa shape index (κ1) is 119. The summed E-state index contributed by atoms with van der Waals surface area (Å²) in [5.74, 6) is 0. The van der Waals surface area contributed by atoms with Gasteiger partial charge in [-0.15, -0.1) is 0 Å². The van der Waals surface area contributed by atoms with Gasteiger partial charge < -0.3 is 157 Å². The van der Waals surface area contributed by atoms with E-state index in [2.05, 4.69) is 0 Å². The molecule has 11 saturated heterocycles.